The number of anilines is 2. The molecule has 0 fully saturated rings. The predicted molar refractivity (Wildman–Crippen MR) is 75.2 cm³/mol. The SMILES string of the molecule is CCC(COC)Nc1cc(NC)nc(C(C)C)n1. The van der Waals surface area contributed by atoms with E-state index in [1.165, 1.54) is 0 Å². The van der Waals surface area contributed by atoms with Crippen molar-refractivity contribution in [2.45, 2.75) is 39.2 Å². The summed E-state index contributed by atoms with van der Waals surface area (Å²) in [5.41, 5.74) is 0. The maximum Gasteiger partial charge on any atom is 0.135 e. The first-order valence-corrected chi connectivity index (χ1v) is 6.42. The monoisotopic (exact) mass is 252 g/mol. The highest BCUT2D eigenvalue weighted by Crippen LogP contribution is 2.17. The zero-order chi connectivity index (χ0) is 13.5. The second kappa shape index (κ2) is 7.16. The summed E-state index contributed by atoms with van der Waals surface area (Å²) < 4.78 is 5.18. The van der Waals surface area contributed by atoms with Gasteiger partial charge in [0.15, 0.2) is 0 Å². The second-order valence-electron chi connectivity index (χ2n) is 4.61. The van der Waals surface area contributed by atoms with E-state index in [0.717, 1.165) is 23.9 Å². The van der Waals surface area contributed by atoms with Crippen LogP contribution in [0, 0.1) is 0 Å². The van der Waals surface area contributed by atoms with Crippen LogP contribution in [0.2, 0.25) is 0 Å². The second-order valence-corrected chi connectivity index (χ2v) is 4.61. The molecule has 5 nitrogen and oxygen atoms in total. The van der Waals surface area contributed by atoms with Gasteiger partial charge >= 0.3 is 0 Å². The minimum atomic E-state index is 0.273. The highest BCUT2D eigenvalue weighted by molar-refractivity contribution is 5.48. The van der Waals surface area contributed by atoms with Gasteiger partial charge in [-0.3, -0.25) is 0 Å². The van der Waals surface area contributed by atoms with Crippen LogP contribution in [0.1, 0.15) is 38.9 Å². The highest BCUT2D eigenvalue weighted by atomic mass is 16.5. The summed E-state index contributed by atoms with van der Waals surface area (Å²) in [6.45, 7) is 6.97. The molecule has 1 aromatic rings. The maximum atomic E-state index is 5.18. The first-order valence-electron chi connectivity index (χ1n) is 6.42. The predicted octanol–water partition coefficient (Wildman–Crippen LogP) is 2.48. The number of hydrogen-bond acceptors (Lipinski definition) is 5. The number of nitrogens with zero attached hydrogens (tertiary/aromatic N) is 2. The summed E-state index contributed by atoms with van der Waals surface area (Å²) in [5, 5.41) is 6.45. The van der Waals surface area contributed by atoms with Gasteiger partial charge in [0.1, 0.15) is 17.5 Å². The van der Waals surface area contributed by atoms with Gasteiger partial charge in [-0.05, 0) is 6.42 Å². The minimum Gasteiger partial charge on any atom is -0.383 e. The molecule has 18 heavy (non-hydrogen) atoms. The highest BCUT2D eigenvalue weighted by Gasteiger charge is 2.11. The molecule has 1 rings (SSSR count). The topological polar surface area (TPSA) is 59.1 Å². The first-order chi connectivity index (χ1) is 8.60. The lowest BCUT2D eigenvalue weighted by molar-refractivity contribution is 0.184. The van der Waals surface area contributed by atoms with Crippen LogP contribution in [0.4, 0.5) is 11.6 Å². The van der Waals surface area contributed by atoms with Crippen molar-refractivity contribution in [2.24, 2.45) is 0 Å². The van der Waals surface area contributed by atoms with Gasteiger partial charge < -0.3 is 15.4 Å². The summed E-state index contributed by atoms with van der Waals surface area (Å²) in [4.78, 5) is 8.97. The fraction of sp³-hybridized carbons (Fsp3) is 0.692. The molecule has 0 aliphatic carbocycles. The average molecular weight is 252 g/mol. The molecule has 0 saturated carbocycles. The molecule has 0 aliphatic rings. The standard InChI is InChI=1S/C13H24N4O/c1-6-10(8-18-5)15-12-7-11(14-4)16-13(17-12)9(2)3/h7,9-10H,6,8H2,1-5H3,(H2,14,15,16,17). The normalized spacial score (nSPS) is 12.6. The Kier molecular flexibility index (Phi) is 5.85. The van der Waals surface area contributed by atoms with Crippen molar-refractivity contribution in [3.63, 3.8) is 0 Å². The summed E-state index contributed by atoms with van der Waals surface area (Å²) in [6.07, 6.45) is 0.990. The molecular formula is C13H24N4O. The lowest BCUT2D eigenvalue weighted by Gasteiger charge is -2.18. The number of methoxy groups -OCH3 is 1. The molecular weight excluding hydrogens is 228 g/mol. The van der Waals surface area contributed by atoms with Gasteiger partial charge in [0, 0.05) is 26.1 Å². The molecule has 1 unspecified atom stereocenters. The van der Waals surface area contributed by atoms with E-state index < -0.39 is 0 Å². The first kappa shape index (κ1) is 14.7. The number of hydrogen-bond donors (Lipinski definition) is 2. The van der Waals surface area contributed by atoms with E-state index in [1.54, 1.807) is 7.11 Å². The van der Waals surface area contributed by atoms with Crippen molar-refractivity contribution in [2.75, 3.05) is 31.4 Å². The van der Waals surface area contributed by atoms with Gasteiger partial charge in [0.05, 0.1) is 12.6 Å². The number of rotatable bonds is 7. The minimum absolute atomic E-state index is 0.273. The summed E-state index contributed by atoms with van der Waals surface area (Å²) >= 11 is 0. The van der Waals surface area contributed by atoms with Crippen LogP contribution in [0.25, 0.3) is 0 Å². The smallest absolute Gasteiger partial charge is 0.135 e. The third kappa shape index (κ3) is 4.14. The molecule has 102 valence electrons. The average Bonchev–Trinajstić information content (AvgIpc) is 2.37. The number of ether oxygens (including phenoxy) is 1. The molecule has 1 heterocycles. The number of nitrogens with one attached hydrogen (secondary N) is 2. The van der Waals surface area contributed by atoms with Crippen LogP contribution in [-0.2, 0) is 4.74 Å². The van der Waals surface area contributed by atoms with Crippen LogP contribution in [0.3, 0.4) is 0 Å². The fourth-order valence-electron chi connectivity index (χ4n) is 1.60. The Bertz CT molecular complexity index is 368. The lowest BCUT2D eigenvalue weighted by atomic mass is 10.2. The molecule has 1 aromatic heterocycles. The van der Waals surface area contributed by atoms with Crippen LogP contribution >= 0.6 is 0 Å². The van der Waals surface area contributed by atoms with Crippen LogP contribution in [0.5, 0.6) is 0 Å². The molecule has 0 aromatic carbocycles. The Hall–Kier alpha value is -1.36. The zero-order valence-corrected chi connectivity index (χ0v) is 11.9. The van der Waals surface area contributed by atoms with Crippen LogP contribution in [0.15, 0.2) is 6.07 Å². The lowest BCUT2D eigenvalue weighted by Crippen LogP contribution is -2.25. The van der Waals surface area contributed by atoms with Crippen LogP contribution < -0.4 is 10.6 Å². The van der Waals surface area contributed by atoms with E-state index in [2.05, 4.69) is 41.4 Å². The molecule has 0 spiro atoms. The fourth-order valence-corrected chi connectivity index (χ4v) is 1.60. The van der Waals surface area contributed by atoms with Crippen molar-refractivity contribution in [1.82, 2.24) is 9.97 Å². The van der Waals surface area contributed by atoms with E-state index in [9.17, 15) is 0 Å². The van der Waals surface area contributed by atoms with E-state index >= 15 is 0 Å². The van der Waals surface area contributed by atoms with Crippen LogP contribution in [-0.4, -0.2) is 36.8 Å². The van der Waals surface area contributed by atoms with E-state index in [0.29, 0.717) is 12.5 Å². The van der Waals surface area contributed by atoms with Crippen molar-refractivity contribution >= 4 is 11.6 Å². The van der Waals surface area contributed by atoms with Gasteiger partial charge in [-0.15, -0.1) is 0 Å². The Morgan fingerprint density at radius 2 is 1.94 bits per heavy atom. The molecule has 0 amide bonds. The molecule has 5 heteroatoms. The van der Waals surface area contributed by atoms with E-state index in [1.807, 2.05) is 13.1 Å². The molecule has 0 aliphatic heterocycles. The molecule has 0 radical (unpaired) electrons. The Balaban J connectivity index is 2.89. The van der Waals surface area contributed by atoms with Gasteiger partial charge in [0.25, 0.3) is 0 Å². The molecule has 2 N–H and O–H groups in total. The van der Waals surface area contributed by atoms with Gasteiger partial charge in [0.2, 0.25) is 0 Å². The quantitative estimate of drug-likeness (QED) is 0.780. The zero-order valence-electron chi connectivity index (χ0n) is 11.9. The Morgan fingerprint density at radius 1 is 1.28 bits per heavy atom. The maximum absolute atomic E-state index is 5.18. The molecule has 0 saturated heterocycles. The van der Waals surface area contributed by atoms with Gasteiger partial charge in [-0.1, -0.05) is 20.8 Å². The third-order valence-corrected chi connectivity index (χ3v) is 2.73. The molecule has 0 bridgehead atoms. The van der Waals surface area contributed by atoms with E-state index in [4.69, 9.17) is 4.74 Å². The van der Waals surface area contributed by atoms with Gasteiger partial charge in [-0.25, -0.2) is 9.97 Å². The Morgan fingerprint density at radius 3 is 2.44 bits per heavy atom. The van der Waals surface area contributed by atoms with Crippen molar-refractivity contribution in [3.05, 3.63) is 11.9 Å². The van der Waals surface area contributed by atoms with E-state index in [-0.39, 0.29) is 6.04 Å². The van der Waals surface area contributed by atoms with Gasteiger partial charge in [-0.2, -0.15) is 0 Å². The van der Waals surface area contributed by atoms with Crippen molar-refractivity contribution in [3.8, 4) is 0 Å². The Labute approximate surface area is 109 Å². The van der Waals surface area contributed by atoms with Crippen molar-refractivity contribution < 1.29 is 4.74 Å². The summed E-state index contributed by atoms with van der Waals surface area (Å²) in [7, 11) is 3.57. The number of aromatic nitrogens is 2. The molecule has 1 atom stereocenters. The summed E-state index contributed by atoms with van der Waals surface area (Å²) in [6, 6.07) is 2.19. The summed E-state index contributed by atoms with van der Waals surface area (Å²) in [5.74, 6) is 2.84. The largest absolute Gasteiger partial charge is 0.383 e. The van der Waals surface area contributed by atoms with Crippen molar-refractivity contribution in [1.29, 1.82) is 0 Å². The third-order valence-electron chi connectivity index (χ3n) is 2.73.